The van der Waals surface area contributed by atoms with E-state index in [0.717, 1.165) is 57.1 Å². The molecule has 5 nitrogen and oxygen atoms in total. The minimum atomic E-state index is -0.226. The Labute approximate surface area is 172 Å². The van der Waals surface area contributed by atoms with Crippen LogP contribution in [0.25, 0.3) is 0 Å². The average molecular weight is 402 g/mol. The number of rotatable bonds is 3. The first-order valence-corrected chi connectivity index (χ1v) is 11.1. The van der Waals surface area contributed by atoms with Gasteiger partial charge in [0.25, 0.3) is 0 Å². The fourth-order valence-corrected chi connectivity index (χ4v) is 5.29. The minimum Gasteiger partial charge on any atom is -0.340 e. The summed E-state index contributed by atoms with van der Waals surface area (Å²) >= 11 is 0. The van der Waals surface area contributed by atoms with Gasteiger partial charge in [-0.3, -0.25) is 4.79 Å². The second kappa shape index (κ2) is 8.72. The fourth-order valence-electron chi connectivity index (χ4n) is 5.29. The van der Waals surface area contributed by atoms with E-state index in [1.807, 2.05) is 17.0 Å². The molecule has 0 aromatic heterocycles. The third-order valence-electron chi connectivity index (χ3n) is 7.00. The molecule has 158 valence electrons. The maximum atomic E-state index is 13.2. The molecule has 29 heavy (non-hydrogen) atoms. The number of carbonyl (C=O) groups is 2. The van der Waals surface area contributed by atoms with E-state index >= 15 is 0 Å². The van der Waals surface area contributed by atoms with E-state index in [1.165, 1.54) is 12.1 Å². The number of hydrogen-bond acceptors (Lipinski definition) is 2. The van der Waals surface area contributed by atoms with Crippen LogP contribution in [-0.4, -0.2) is 53.0 Å². The highest BCUT2D eigenvalue weighted by Crippen LogP contribution is 2.32. The summed E-state index contributed by atoms with van der Waals surface area (Å²) in [4.78, 5) is 29.0. The van der Waals surface area contributed by atoms with E-state index in [-0.39, 0.29) is 29.8 Å². The molecule has 2 heterocycles. The van der Waals surface area contributed by atoms with Gasteiger partial charge in [-0.2, -0.15) is 0 Å². The van der Waals surface area contributed by atoms with Gasteiger partial charge in [0.15, 0.2) is 0 Å². The Morgan fingerprint density at radius 3 is 2.52 bits per heavy atom. The number of likely N-dealkylation sites (tertiary alicyclic amines) is 2. The smallest absolute Gasteiger partial charge is 0.317 e. The van der Waals surface area contributed by atoms with Gasteiger partial charge in [0.05, 0.1) is 0 Å². The highest BCUT2D eigenvalue weighted by Gasteiger charge is 2.35. The molecule has 4 rings (SSSR count). The molecule has 2 saturated heterocycles. The lowest BCUT2D eigenvalue weighted by Gasteiger charge is -2.39. The minimum absolute atomic E-state index is 0.0135. The van der Waals surface area contributed by atoms with Crippen LogP contribution in [0.5, 0.6) is 0 Å². The van der Waals surface area contributed by atoms with Gasteiger partial charge >= 0.3 is 6.03 Å². The zero-order chi connectivity index (χ0) is 20.4. The molecule has 0 radical (unpaired) electrons. The summed E-state index contributed by atoms with van der Waals surface area (Å²) in [5.74, 6) is 0.343. The number of benzene rings is 1. The van der Waals surface area contributed by atoms with Crippen LogP contribution in [0.4, 0.5) is 9.18 Å². The standard InChI is InChI=1S/C23H32FN3O2/c1-16-14-18(17-5-7-19(24)8-6-17)15-27(16)23(29)25-20-9-11-21(12-10-20)26-13-3-2-4-22(26)28/h5-8,16,18,20-21H,2-4,9-15H2,1H3,(H,25,29). The summed E-state index contributed by atoms with van der Waals surface area (Å²) in [6.07, 6.45) is 7.56. The highest BCUT2D eigenvalue weighted by atomic mass is 19.1. The molecule has 1 aliphatic carbocycles. The van der Waals surface area contributed by atoms with Crippen molar-refractivity contribution in [3.63, 3.8) is 0 Å². The number of hydrogen-bond donors (Lipinski definition) is 1. The topological polar surface area (TPSA) is 52.7 Å². The van der Waals surface area contributed by atoms with E-state index < -0.39 is 0 Å². The van der Waals surface area contributed by atoms with Crippen LogP contribution in [0.15, 0.2) is 24.3 Å². The lowest BCUT2D eigenvalue weighted by atomic mass is 9.89. The number of halogens is 1. The Morgan fingerprint density at radius 1 is 1.10 bits per heavy atom. The summed E-state index contributed by atoms with van der Waals surface area (Å²) in [6.45, 7) is 3.66. The maximum Gasteiger partial charge on any atom is 0.317 e. The maximum absolute atomic E-state index is 13.2. The van der Waals surface area contributed by atoms with Crippen molar-refractivity contribution in [3.05, 3.63) is 35.6 Å². The molecule has 2 atom stereocenters. The number of carbonyl (C=O) groups excluding carboxylic acids is 2. The molecule has 2 unspecified atom stereocenters. The van der Waals surface area contributed by atoms with Crippen LogP contribution in [-0.2, 0) is 4.79 Å². The van der Waals surface area contributed by atoms with Crippen LogP contribution in [0, 0.1) is 5.82 Å². The van der Waals surface area contributed by atoms with Gasteiger partial charge in [0.2, 0.25) is 5.91 Å². The first-order valence-electron chi connectivity index (χ1n) is 11.1. The van der Waals surface area contributed by atoms with Gasteiger partial charge in [0.1, 0.15) is 5.82 Å². The largest absolute Gasteiger partial charge is 0.340 e. The van der Waals surface area contributed by atoms with Crippen molar-refractivity contribution < 1.29 is 14.0 Å². The van der Waals surface area contributed by atoms with E-state index in [1.54, 1.807) is 0 Å². The molecular formula is C23H32FN3O2. The molecule has 1 saturated carbocycles. The summed E-state index contributed by atoms with van der Waals surface area (Å²) in [5.41, 5.74) is 1.10. The molecule has 2 aliphatic heterocycles. The van der Waals surface area contributed by atoms with Crippen LogP contribution < -0.4 is 5.32 Å². The van der Waals surface area contributed by atoms with Gasteiger partial charge in [-0.25, -0.2) is 9.18 Å². The van der Waals surface area contributed by atoms with Gasteiger partial charge in [-0.05, 0) is 69.6 Å². The van der Waals surface area contributed by atoms with Crippen molar-refractivity contribution in [1.82, 2.24) is 15.1 Å². The molecule has 3 aliphatic rings. The van der Waals surface area contributed by atoms with E-state index in [4.69, 9.17) is 0 Å². The third kappa shape index (κ3) is 4.57. The fraction of sp³-hybridized carbons (Fsp3) is 0.652. The van der Waals surface area contributed by atoms with E-state index in [9.17, 15) is 14.0 Å². The summed E-state index contributed by atoms with van der Waals surface area (Å²) in [7, 11) is 0. The van der Waals surface area contributed by atoms with Gasteiger partial charge in [-0.1, -0.05) is 12.1 Å². The normalized spacial score (nSPS) is 30.5. The first-order chi connectivity index (χ1) is 14.0. The zero-order valence-electron chi connectivity index (χ0n) is 17.3. The molecule has 6 heteroatoms. The second-order valence-corrected chi connectivity index (χ2v) is 8.98. The molecular weight excluding hydrogens is 369 g/mol. The SMILES string of the molecule is CC1CC(c2ccc(F)cc2)CN1C(=O)NC1CCC(N2CCCCC2=O)CC1. The van der Waals surface area contributed by atoms with Crippen molar-refractivity contribution in [3.8, 4) is 0 Å². The number of piperidine rings is 1. The molecule has 3 amide bonds. The number of nitrogens with zero attached hydrogens (tertiary/aromatic N) is 2. The Hall–Kier alpha value is -2.11. The lowest BCUT2D eigenvalue weighted by Crippen LogP contribution is -2.50. The third-order valence-corrected chi connectivity index (χ3v) is 7.00. The summed E-state index contributed by atoms with van der Waals surface area (Å²) in [6, 6.07) is 7.38. The average Bonchev–Trinajstić information content (AvgIpc) is 3.11. The van der Waals surface area contributed by atoms with Crippen LogP contribution in [0.1, 0.15) is 69.8 Å². The van der Waals surface area contributed by atoms with Crippen molar-refractivity contribution >= 4 is 11.9 Å². The Balaban J connectivity index is 1.27. The predicted molar refractivity (Wildman–Crippen MR) is 110 cm³/mol. The highest BCUT2D eigenvalue weighted by molar-refractivity contribution is 5.77. The van der Waals surface area contributed by atoms with Gasteiger partial charge < -0.3 is 15.1 Å². The number of urea groups is 1. The number of amides is 3. The van der Waals surface area contributed by atoms with E-state index in [0.29, 0.717) is 24.9 Å². The predicted octanol–water partition coefficient (Wildman–Crippen LogP) is 4.04. The molecule has 1 N–H and O–H groups in total. The van der Waals surface area contributed by atoms with Crippen molar-refractivity contribution in [2.24, 2.45) is 0 Å². The van der Waals surface area contributed by atoms with Crippen LogP contribution in [0.2, 0.25) is 0 Å². The Morgan fingerprint density at radius 2 is 1.83 bits per heavy atom. The lowest BCUT2D eigenvalue weighted by molar-refractivity contribution is -0.136. The van der Waals surface area contributed by atoms with E-state index in [2.05, 4.69) is 17.1 Å². The Kier molecular flexibility index (Phi) is 6.07. The van der Waals surface area contributed by atoms with Crippen LogP contribution in [0.3, 0.4) is 0 Å². The van der Waals surface area contributed by atoms with Crippen molar-refractivity contribution in [1.29, 1.82) is 0 Å². The second-order valence-electron chi connectivity index (χ2n) is 8.98. The summed E-state index contributed by atoms with van der Waals surface area (Å²) < 4.78 is 13.2. The molecule has 3 fully saturated rings. The van der Waals surface area contributed by atoms with Gasteiger partial charge in [-0.15, -0.1) is 0 Å². The quantitative estimate of drug-likeness (QED) is 0.831. The van der Waals surface area contributed by atoms with Crippen molar-refractivity contribution in [2.45, 2.75) is 82.3 Å². The Bertz CT molecular complexity index is 730. The molecule has 0 bridgehead atoms. The molecule has 1 aromatic carbocycles. The molecule has 1 aromatic rings. The van der Waals surface area contributed by atoms with Gasteiger partial charge in [0, 0.05) is 43.6 Å². The summed E-state index contributed by atoms with van der Waals surface area (Å²) in [5, 5.41) is 3.23. The number of nitrogens with one attached hydrogen (secondary N) is 1. The first kappa shape index (κ1) is 20.2. The van der Waals surface area contributed by atoms with Crippen molar-refractivity contribution in [2.75, 3.05) is 13.1 Å². The zero-order valence-corrected chi connectivity index (χ0v) is 17.3. The monoisotopic (exact) mass is 401 g/mol. The molecule has 0 spiro atoms. The van der Waals surface area contributed by atoms with Crippen LogP contribution >= 0.6 is 0 Å².